The van der Waals surface area contributed by atoms with Crippen LogP contribution < -0.4 is 16.0 Å². The van der Waals surface area contributed by atoms with Crippen molar-refractivity contribution in [3.8, 4) is 0 Å². The molecule has 0 aliphatic carbocycles. The summed E-state index contributed by atoms with van der Waals surface area (Å²) in [7, 11) is 0. The minimum atomic E-state index is -0.258. The SMILES string of the molecule is Cc1cc(Br)ccc1NC(=O)CNC(=O)CN[C@H](C)c1cccc2ccccc12. The van der Waals surface area contributed by atoms with Crippen LogP contribution in [0.1, 0.15) is 24.1 Å². The van der Waals surface area contributed by atoms with E-state index in [0.717, 1.165) is 21.3 Å². The van der Waals surface area contributed by atoms with E-state index in [1.54, 1.807) is 0 Å². The molecular formula is C23H24BrN3O2. The van der Waals surface area contributed by atoms with E-state index in [4.69, 9.17) is 0 Å². The molecule has 0 aromatic heterocycles. The van der Waals surface area contributed by atoms with Gasteiger partial charge in [-0.25, -0.2) is 0 Å². The molecule has 150 valence electrons. The van der Waals surface area contributed by atoms with Gasteiger partial charge < -0.3 is 16.0 Å². The van der Waals surface area contributed by atoms with E-state index in [2.05, 4.69) is 56.1 Å². The van der Waals surface area contributed by atoms with Gasteiger partial charge in [-0.2, -0.15) is 0 Å². The number of aryl methyl sites for hydroxylation is 1. The van der Waals surface area contributed by atoms with Gasteiger partial charge in [0.1, 0.15) is 0 Å². The average molecular weight is 454 g/mol. The number of amides is 2. The van der Waals surface area contributed by atoms with Gasteiger partial charge in [0.2, 0.25) is 11.8 Å². The summed E-state index contributed by atoms with van der Waals surface area (Å²) in [4.78, 5) is 24.3. The van der Waals surface area contributed by atoms with Crippen LogP contribution in [-0.2, 0) is 9.59 Å². The average Bonchev–Trinajstić information content (AvgIpc) is 2.72. The van der Waals surface area contributed by atoms with E-state index in [1.165, 1.54) is 10.8 Å². The lowest BCUT2D eigenvalue weighted by molar-refractivity contribution is -0.123. The second-order valence-corrected chi connectivity index (χ2v) is 7.87. The number of benzene rings is 3. The first kappa shape index (κ1) is 21.0. The summed E-state index contributed by atoms with van der Waals surface area (Å²) >= 11 is 3.39. The molecule has 0 radical (unpaired) electrons. The normalized spacial score (nSPS) is 11.8. The number of hydrogen-bond acceptors (Lipinski definition) is 3. The molecule has 3 aromatic carbocycles. The van der Waals surface area contributed by atoms with Gasteiger partial charge in [-0.15, -0.1) is 0 Å². The fourth-order valence-corrected chi connectivity index (χ4v) is 3.66. The number of fused-ring (bicyclic) bond motifs is 1. The van der Waals surface area contributed by atoms with E-state index < -0.39 is 0 Å². The molecular weight excluding hydrogens is 430 g/mol. The molecule has 0 unspecified atom stereocenters. The molecule has 0 saturated carbocycles. The van der Waals surface area contributed by atoms with Crippen molar-refractivity contribution in [1.82, 2.24) is 10.6 Å². The van der Waals surface area contributed by atoms with Crippen molar-refractivity contribution in [3.63, 3.8) is 0 Å². The van der Waals surface area contributed by atoms with Crippen LogP contribution in [0.4, 0.5) is 5.69 Å². The van der Waals surface area contributed by atoms with E-state index in [1.807, 2.05) is 50.2 Å². The van der Waals surface area contributed by atoms with Crippen molar-refractivity contribution in [2.24, 2.45) is 0 Å². The zero-order chi connectivity index (χ0) is 20.8. The number of carbonyl (C=O) groups is 2. The van der Waals surface area contributed by atoms with E-state index >= 15 is 0 Å². The van der Waals surface area contributed by atoms with Crippen LogP contribution in [-0.4, -0.2) is 24.9 Å². The second kappa shape index (κ2) is 9.67. The third-order valence-corrected chi connectivity index (χ3v) is 5.26. The van der Waals surface area contributed by atoms with Gasteiger partial charge in [0.05, 0.1) is 13.1 Å². The molecule has 0 aliphatic heterocycles. The molecule has 0 saturated heterocycles. The number of halogens is 1. The molecule has 0 fully saturated rings. The first-order valence-electron chi connectivity index (χ1n) is 9.48. The Hall–Kier alpha value is -2.70. The topological polar surface area (TPSA) is 70.2 Å². The van der Waals surface area contributed by atoms with Gasteiger partial charge >= 0.3 is 0 Å². The molecule has 6 heteroatoms. The lowest BCUT2D eigenvalue weighted by atomic mass is 10.00. The molecule has 3 N–H and O–H groups in total. The minimum absolute atomic E-state index is 0.00564. The first-order chi connectivity index (χ1) is 13.9. The summed E-state index contributed by atoms with van der Waals surface area (Å²) in [6, 6.07) is 19.9. The molecule has 0 bridgehead atoms. The van der Waals surface area contributed by atoms with Gasteiger partial charge in [0.15, 0.2) is 0 Å². The Balaban J connectivity index is 1.48. The molecule has 29 heavy (non-hydrogen) atoms. The smallest absolute Gasteiger partial charge is 0.243 e. The fourth-order valence-electron chi connectivity index (χ4n) is 3.19. The largest absolute Gasteiger partial charge is 0.346 e. The van der Waals surface area contributed by atoms with Crippen LogP contribution >= 0.6 is 15.9 Å². The lowest BCUT2D eigenvalue weighted by Crippen LogP contribution is -2.39. The highest BCUT2D eigenvalue weighted by atomic mass is 79.9. The first-order valence-corrected chi connectivity index (χ1v) is 10.3. The molecule has 3 aromatic rings. The van der Waals surface area contributed by atoms with Gasteiger partial charge in [-0.05, 0) is 53.9 Å². The monoisotopic (exact) mass is 453 g/mol. The summed E-state index contributed by atoms with van der Waals surface area (Å²) in [6.07, 6.45) is 0. The third kappa shape index (κ3) is 5.65. The Kier molecular flexibility index (Phi) is 7.01. The molecule has 3 rings (SSSR count). The van der Waals surface area contributed by atoms with E-state index in [9.17, 15) is 9.59 Å². The molecule has 1 atom stereocenters. The quantitative estimate of drug-likeness (QED) is 0.498. The van der Waals surface area contributed by atoms with E-state index in [-0.39, 0.29) is 30.9 Å². The summed E-state index contributed by atoms with van der Waals surface area (Å²) in [5.41, 5.74) is 2.82. The van der Waals surface area contributed by atoms with Gasteiger partial charge in [-0.3, -0.25) is 9.59 Å². The van der Waals surface area contributed by atoms with Crippen LogP contribution in [0.25, 0.3) is 10.8 Å². The van der Waals surface area contributed by atoms with Crippen molar-refractivity contribution < 1.29 is 9.59 Å². The Morgan fingerprint density at radius 2 is 1.72 bits per heavy atom. The zero-order valence-corrected chi connectivity index (χ0v) is 18.0. The van der Waals surface area contributed by atoms with Crippen LogP contribution in [0, 0.1) is 6.92 Å². The summed E-state index contributed by atoms with van der Waals surface area (Å²) < 4.78 is 0.952. The highest BCUT2D eigenvalue weighted by molar-refractivity contribution is 9.10. The summed E-state index contributed by atoms with van der Waals surface area (Å²) in [5.74, 6) is -0.481. The van der Waals surface area contributed by atoms with Gasteiger partial charge in [0.25, 0.3) is 0 Å². The summed E-state index contributed by atoms with van der Waals surface area (Å²) in [5, 5.41) is 11.0. The number of anilines is 1. The number of rotatable bonds is 7. The standard InChI is InChI=1S/C23H24BrN3O2/c1-15-12-18(24)10-11-21(15)27-23(29)14-26-22(28)13-25-16(2)19-9-5-7-17-6-3-4-8-20(17)19/h3-12,16,25H,13-14H2,1-2H3,(H,26,28)(H,27,29)/t16-/m1/s1. The van der Waals surface area contributed by atoms with Crippen LogP contribution in [0.15, 0.2) is 65.1 Å². The molecule has 0 aliphatic rings. The Labute approximate surface area is 179 Å². The van der Waals surface area contributed by atoms with Crippen molar-refractivity contribution in [2.75, 3.05) is 18.4 Å². The minimum Gasteiger partial charge on any atom is -0.346 e. The van der Waals surface area contributed by atoms with Crippen molar-refractivity contribution in [2.45, 2.75) is 19.9 Å². The molecule has 5 nitrogen and oxygen atoms in total. The highest BCUT2D eigenvalue weighted by Crippen LogP contribution is 2.24. The number of nitrogens with one attached hydrogen (secondary N) is 3. The maximum atomic E-state index is 12.2. The van der Waals surface area contributed by atoms with Crippen molar-refractivity contribution in [1.29, 1.82) is 0 Å². The highest BCUT2D eigenvalue weighted by Gasteiger charge is 2.12. The Morgan fingerprint density at radius 3 is 2.52 bits per heavy atom. The molecule has 0 heterocycles. The van der Waals surface area contributed by atoms with E-state index in [0.29, 0.717) is 0 Å². The van der Waals surface area contributed by atoms with Crippen LogP contribution in [0.2, 0.25) is 0 Å². The zero-order valence-electron chi connectivity index (χ0n) is 16.5. The Bertz CT molecular complexity index is 1030. The summed E-state index contributed by atoms with van der Waals surface area (Å²) in [6.45, 7) is 4.00. The van der Waals surface area contributed by atoms with Gasteiger partial charge in [0, 0.05) is 16.2 Å². The van der Waals surface area contributed by atoms with Crippen LogP contribution in [0.5, 0.6) is 0 Å². The maximum Gasteiger partial charge on any atom is 0.243 e. The third-order valence-electron chi connectivity index (χ3n) is 4.77. The Morgan fingerprint density at radius 1 is 0.966 bits per heavy atom. The fraction of sp³-hybridized carbons (Fsp3) is 0.217. The maximum absolute atomic E-state index is 12.2. The van der Waals surface area contributed by atoms with Gasteiger partial charge in [-0.1, -0.05) is 58.4 Å². The predicted molar refractivity (Wildman–Crippen MR) is 121 cm³/mol. The molecule has 0 spiro atoms. The number of carbonyl (C=O) groups excluding carboxylic acids is 2. The van der Waals surface area contributed by atoms with Crippen LogP contribution in [0.3, 0.4) is 0 Å². The second-order valence-electron chi connectivity index (χ2n) is 6.96. The lowest BCUT2D eigenvalue weighted by Gasteiger charge is -2.16. The van der Waals surface area contributed by atoms with Crippen molar-refractivity contribution >= 4 is 44.2 Å². The predicted octanol–water partition coefficient (Wildman–Crippen LogP) is 4.32. The number of hydrogen-bond donors (Lipinski definition) is 3. The molecule has 2 amide bonds. The van der Waals surface area contributed by atoms with Crippen molar-refractivity contribution in [3.05, 3.63) is 76.3 Å².